The molecule has 0 atom stereocenters. The van der Waals surface area contributed by atoms with Gasteiger partial charge in [0.05, 0.1) is 5.69 Å². The summed E-state index contributed by atoms with van der Waals surface area (Å²) in [7, 11) is 0. The number of hydrogen-bond acceptors (Lipinski definition) is 1. The van der Waals surface area contributed by atoms with Crippen LogP contribution in [0.15, 0.2) is 42.6 Å². The van der Waals surface area contributed by atoms with Gasteiger partial charge in [-0.3, -0.25) is 4.98 Å². The monoisotopic (exact) mass is 307 g/mol. The molecule has 23 heavy (non-hydrogen) atoms. The van der Waals surface area contributed by atoms with Crippen LogP contribution < -0.4 is 0 Å². The lowest BCUT2D eigenvalue weighted by molar-refractivity contribution is 0.309. The van der Waals surface area contributed by atoms with Crippen LogP contribution in [-0.4, -0.2) is 4.98 Å². The highest BCUT2D eigenvalue weighted by Gasteiger charge is 2.17. The Hall–Kier alpha value is -2.14. The number of benzene rings is 1. The van der Waals surface area contributed by atoms with E-state index in [0.29, 0.717) is 5.92 Å². The summed E-state index contributed by atoms with van der Waals surface area (Å²) < 4.78 is 13.0. The summed E-state index contributed by atoms with van der Waals surface area (Å²) >= 11 is 0. The van der Waals surface area contributed by atoms with Crippen molar-refractivity contribution in [1.29, 1.82) is 0 Å². The van der Waals surface area contributed by atoms with Gasteiger partial charge >= 0.3 is 0 Å². The van der Waals surface area contributed by atoms with Gasteiger partial charge in [0.2, 0.25) is 0 Å². The third-order valence-corrected chi connectivity index (χ3v) is 4.75. The Kier molecular flexibility index (Phi) is 5.08. The second-order valence-corrected chi connectivity index (χ2v) is 6.33. The van der Waals surface area contributed by atoms with Gasteiger partial charge in [0.15, 0.2) is 0 Å². The molecule has 1 nitrogen and oxygen atoms in total. The molecule has 0 aliphatic heterocycles. The summed E-state index contributed by atoms with van der Waals surface area (Å²) in [4.78, 5) is 4.44. The number of aromatic nitrogens is 1. The Bertz CT molecular complexity index is 683. The molecule has 0 amide bonds. The number of nitrogens with zero attached hydrogens (tertiary/aromatic N) is 1. The second kappa shape index (κ2) is 7.42. The zero-order valence-corrected chi connectivity index (χ0v) is 13.6. The van der Waals surface area contributed by atoms with Crippen molar-refractivity contribution in [3.8, 4) is 23.1 Å². The fourth-order valence-corrected chi connectivity index (χ4v) is 3.16. The fraction of sp³-hybridized carbons (Fsp3) is 0.381. The predicted molar refractivity (Wildman–Crippen MR) is 92.2 cm³/mol. The molecule has 118 valence electrons. The van der Waals surface area contributed by atoms with E-state index in [4.69, 9.17) is 0 Å². The summed E-state index contributed by atoms with van der Waals surface area (Å²) in [5.41, 5.74) is 2.72. The van der Waals surface area contributed by atoms with Crippen LogP contribution in [0.25, 0.3) is 11.3 Å². The lowest BCUT2D eigenvalue weighted by Gasteiger charge is -2.24. The minimum Gasteiger partial charge on any atom is -0.255 e. The molecule has 1 aliphatic carbocycles. The zero-order chi connectivity index (χ0) is 16.1. The average Bonchev–Trinajstić information content (AvgIpc) is 2.61. The second-order valence-electron chi connectivity index (χ2n) is 6.33. The standard InChI is InChI=1S/C21H22FN/c1-2-16-3-5-17(6-4-16)7-8-18-9-14-21(23-15-18)19-10-12-20(22)13-11-19/h9-17H,2-6H2,1H3. The van der Waals surface area contributed by atoms with Crippen LogP contribution in [-0.2, 0) is 0 Å². The Labute approximate surface area is 138 Å². The maximum atomic E-state index is 13.0. The topological polar surface area (TPSA) is 12.9 Å². The minimum atomic E-state index is -0.228. The molecule has 2 heteroatoms. The van der Waals surface area contributed by atoms with Crippen molar-refractivity contribution >= 4 is 0 Å². The number of rotatable bonds is 2. The molecule has 0 unspecified atom stereocenters. The van der Waals surface area contributed by atoms with Crippen molar-refractivity contribution in [2.45, 2.75) is 39.0 Å². The van der Waals surface area contributed by atoms with E-state index in [1.54, 1.807) is 12.1 Å². The molecular weight excluding hydrogens is 285 g/mol. The fourth-order valence-electron chi connectivity index (χ4n) is 3.16. The van der Waals surface area contributed by atoms with E-state index < -0.39 is 0 Å². The molecule has 0 radical (unpaired) electrons. The van der Waals surface area contributed by atoms with Crippen LogP contribution in [0.3, 0.4) is 0 Å². The lowest BCUT2D eigenvalue weighted by Crippen LogP contribution is -2.12. The van der Waals surface area contributed by atoms with E-state index in [-0.39, 0.29) is 5.82 Å². The first-order valence-electron chi connectivity index (χ1n) is 8.48. The van der Waals surface area contributed by atoms with Crippen LogP contribution in [0.5, 0.6) is 0 Å². The molecule has 1 saturated carbocycles. The van der Waals surface area contributed by atoms with Gasteiger partial charge in [-0.1, -0.05) is 25.2 Å². The lowest BCUT2D eigenvalue weighted by atomic mass is 9.81. The molecule has 1 aromatic carbocycles. The average molecular weight is 307 g/mol. The first-order chi connectivity index (χ1) is 11.2. The third-order valence-electron chi connectivity index (χ3n) is 4.75. The highest BCUT2D eigenvalue weighted by molar-refractivity contribution is 5.59. The Morgan fingerprint density at radius 3 is 2.39 bits per heavy atom. The van der Waals surface area contributed by atoms with Crippen molar-refractivity contribution in [3.05, 3.63) is 54.0 Å². The minimum absolute atomic E-state index is 0.228. The first kappa shape index (κ1) is 15.7. The molecule has 0 N–H and O–H groups in total. The first-order valence-corrected chi connectivity index (χ1v) is 8.48. The molecular formula is C21H22FN. The predicted octanol–water partition coefficient (Wildman–Crippen LogP) is 5.46. The van der Waals surface area contributed by atoms with Crippen LogP contribution in [0.2, 0.25) is 0 Å². The van der Waals surface area contributed by atoms with Gasteiger partial charge in [-0.2, -0.15) is 0 Å². The molecule has 1 aromatic heterocycles. The van der Waals surface area contributed by atoms with E-state index in [1.807, 2.05) is 18.3 Å². The summed E-state index contributed by atoms with van der Waals surface area (Å²) in [5, 5.41) is 0. The molecule has 3 rings (SSSR count). The van der Waals surface area contributed by atoms with Gasteiger partial charge in [0.1, 0.15) is 5.82 Å². The van der Waals surface area contributed by atoms with Gasteiger partial charge in [0.25, 0.3) is 0 Å². The zero-order valence-electron chi connectivity index (χ0n) is 13.6. The summed E-state index contributed by atoms with van der Waals surface area (Å²) in [5.74, 6) is 7.89. The SMILES string of the molecule is CCC1CCC(C#Cc2ccc(-c3ccc(F)cc3)nc2)CC1. The number of pyridine rings is 1. The summed E-state index contributed by atoms with van der Waals surface area (Å²) in [6.45, 7) is 2.28. The van der Waals surface area contributed by atoms with Crippen LogP contribution in [0, 0.1) is 29.5 Å². The molecule has 0 bridgehead atoms. The van der Waals surface area contributed by atoms with E-state index >= 15 is 0 Å². The van der Waals surface area contributed by atoms with Gasteiger partial charge < -0.3 is 0 Å². The van der Waals surface area contributed by atoms with E-state index in [0.717, 1.165) is 22.7 Å². The van der Waals surface area contributed by atoms with Gasteiger partial charge in [-0.25, -0.2) is 4.39 Å². The third kappa shape index (κ3) is 4.20. The van der Waals surface area contributed by atoms with Crippen LogP contribution >= 0.6 is 0 Å². The van der Waals surface area contributed by atoms with Crippen LogP contribution in [0.1, 0.15) is 44.6 Å². The number of hydrogen-bond donors (Lipinski definition) is 0. The van der Waals surface area contributed by atoms with Gasteiger partial charge in [-0.05, 0) is 68.0 Å². The Balaban J connectivity index is 1.64. The molecule has 0 saturated heterocycles. The largest absolute Gasteiger partial charge is 0.255 e. The van der Waals surface area contributed by atoms with Crippen molar-refractivity contribution in [2.75, 3.05) is 0 Å². The Morgan fingerprint density at radius 1 is 1.04 bits per heavy atom. The highest BCUT2D eigenvalue weighted by Crippen LogP contribution is 2.30. The highest BCUT2D eigenvalue weighted by atomic mass is 19.1. The maximum Gasteiger partial charge on any atom is 0.123 e. The van der Waals surface area contributed by atoms with E-state index in [1.165, 1.54) is 44.2 Å². The molecule has 1 heterocycles. The maximum absolute atomic E-state index is 13.0. The van der Waals surface area contributed by atoms with Gasteiger partial charge in [0, 0.05) is 23.2 Å². The van der Waals surface area contributed by atoms with Crippen LogP contribution in [0.4, 0.5) is 4.39 Å². The Morgan fingerprint density at radius 2 is 1.78 bits per heavy atom. The van der Waals surface area contributed by atoms with Crippen molar-refractivity contribution < 1.29 is 4.39 Å². The van der Waals surface area contributed by atoms with Crippen molar-refractivity contribution in [2.24, 2.45) is 11.8 Å². The van der Waals surface area contributed by atoms with Crippen molar-refractivity contribution in [1.82, 2.24) is 4.98 Å². The molecule has 1 fully saturated rings. The van der Waals surface area contributed by atoms with E-state index in [9.17, 15) is 4.39 Å². The normalized spacial score (nSPS) is 20.6. The number of halogens is 1. The molecule has 0 spiro atoms. The summed E-state index contributed by atoms with van der Waals surface area (Å²) in [6, 6.07) is 10.3. The quantitative estimate of drug-likeness (QED) is 0.672. The van der Waals surface area contributed by atoms with E-state index in [2.05, 4.69) is 23.7 Å². The van der Waals surface area contributed by atoms with Gasteiger partial charge in [-0.15, -0.1) is 0 Å². The molecule has 1 aliphatic rings. The summed E-state index contributed by atoms with van der Waals surface area (Å²) in [6.07, 6.45) is 8.20. The van der Waals surface area contributed by atoms with Crippen molar-refractivity contribution in [3.63, 3.8) is 0 Å². The molecule has 2 aromatic rings. The smallest absolute Gasteiger partial charge is 0.123 e.